The summed E-state index contributed by atoms with van der Waals surface area (Å²) in [6, 6.07) is 5.52. The molecule has 1 aliphatic heterocycles. The second-order valence-electron chi connectivity index (χ2n) is 7.06. The highest BCUT2D eigenvalue weighted by Gasteiger charge is 2.28. The monoisotopic (exact) mass is 380 g/mol. The Balaban J connectivity index is 1.56. The molecule has 0 spiro atoms. The van der Waals surface area contributed by atoms with E-state index in [1.54, 1.807) is 18.9 Å². The molecule has 2 amide bonds. The molecule has 146 valence electrons. The number of hydrogen-bond donors (Lipinski definition) is 1. The summed E-state index contributed by atoms with van der Waals surface area (Å²) >= 11 is 0. The van der Waals surface area contributed by atoms with E-state index in [0.717, 1.165) is 29.8 Å². The molecule has 0 radical (unpaired) electrons. The normalized spacial score (nSPS) is 13.2. The zero-order valence-corrected chi connectivity index (χ0v) is 16.6. The molecular formula is C20H24N6O2. The number of nitrogens with one attached hydrogen (secondary N) is 1. The highest BCUT2D eigenvalue weighted by Crippen LogP contribution is 2.23. The maximum absolute atomic E-state index is 12.7. The van der Waals surface area contributed by atoms with E-state index in [4.69, 9.17) is 0 Å². The number of benzene rings is 1. The molecule has 3 aromatic rings. The van der Waals surface area contributed by atoms with Gasteiger partial charge in [-0.3, -0.25) is 9.36 Å². The fraction of sp³-hybridized carbons (Fsp3) is 0.400. The molecule has 0 bridgehead atoms. The van der Waals surface area contributed by atoms with Gasteiger partial charge in [-0.1, -0.05) is 6.92 Å². The standard InChI is InChI=1S/C20H24N6O2/c1-5-18-23-15-9-13(7-8-17(15)26(18)6-2)22-20(28)25-10-14-16(11-25)21-12(3)24(4)19(14)27/h7-9H,5-6,10-11H2,1-4H3,(H,22,28). The van der Waals surface area contributed by atoms with E-state index in [1.165, 1.54) is 4.57 Å². The average Bonchev–Trinajstić information content (AvgIpc) is 3.26. The van der Waals surface area contributed by atoms with Crippen LogP contribution >= 0.6 is 0 Å². The van der Waals surface area contributed by atoms with E-state index < -0.39 is 0 Å². The summed E-state index contributed by atoms with van der Waals surface area (Å²) < 4.78 is 3.70. The summed E-state index contributed by atoms with van der Waals surface area (Å²) in [4.78, 5) is 35.9. The van der Waals surface area contributed by atoms with Crippen molar-refractivity contribution in [1.29, 1.82) is 0 Å². The Morgan fingerprint density at radius 3 is 2.71 bits per heavy atom. The largest absolute Gasteiger partial charge is 0.328 e. The lowest BCUT2D eigenvalue weighted by Crippen LogP contribution is -2.31. The SMILES string of the molecule is CCc1nc2cc(NC(=O)N3Cc4nc(C)n(C)c(=O)c4C3)ccc2n1CC. The van der Waals surface area contributed by atoms with Crippen LogP contribution in [0.5, 0.6) is 0 Å². The van der Waals surface area contributed by atoms with Gasteiger partial charge >= 0.3 is 6.03 Å². The minimum atomic E-state index is -0.248. The van der Waals surface area contributed by atoms with Gasteiger partial charge in [0.05, 0.1) is 35.4 Å². The Morgan fingerprint density at radius 2 is 2.00 bits per heavy atom. The van der Waals surface area contributed by atoms with E-state index in [9.17, 15) is 9.59 Å². The maximum atomic E-state index is 12.7. The van der Waals surface area contributed by atoms with E-state index in [-0.39, 0.29) is 18.1 Å². The zero-order chi connectivity index (χ0) is 20.0. The van der Waals surface area contributed by atoms with Crippen molar-refractivity contribution < 1.29 is 4.79 Å². The molecule has 0 fully saturated rings. The summed E-state index contributed by atoms with van der Waals surface area (Å²) in [6.07, 6.45) is 0.859. The minimum Gasteiger partial charge on any atom is -0.328 e. The fourth-order valence-electron chi connectivity index (χ4n) is 3.75. The van der Waals surface area contributed by atoms with E-state index in [1.807, 2.05) is 18.2 Å². The number of aromatic nitrogens is 4. The Bertz CT molecular complexity index is 1140. The number of rotatable bonds is 3. The lowest BCUT2D eigenvalue weighted by atomic mass is 10.2. The van der Waals surface area contributed by atoms with E-state index >= 15 is 0 Å². The van der Waals surface area contributed by atoms with Crippen molar-refractivity contribution in [2.75, 3.05) is 5.32 Å². The summed E-state index contributed by atoms with van der Waals surface area (Å²) in [5.74, 6) is 1.68. The maximum Gasteiger partial charge on any atom is 0.322 e. The van der Waals surface area contributed by atoms with Crippen molar-refractivity contribution in [3.05, 3.63) is 51.5 Å². The number of carbonyl (C=O) groups excluding carboxylic acids is 1. The smallest absolute Gasteiger partial charge is 0.322 e. The van der Waals surface area contributed by atoms with Crippen LogP contribution in [0.1, 0.15) is 36.8 Å². The van der Waals surface area contributed by atoms with Gasteiger partial charge in [-0.15, -0.1) is 0 Å². The van der Waals surface area contributed by atoms with Crippen LogP contribution in [0.25, 0.3) is 11.0 Å². The van der Waals surface area contributed by atoms with Crippen LogP contribution < -0.4 is 10.9 Å². The van der Waals surface area contributed by atoms with Gasteiger partial charge in [0.25, 0.3) is 5.56 Å². The summed E-state index contributed by atoms with van der Waals surface area (Å²) in [7, 11) is 1.70. The van der Waals surface area contributed by atoms with Crippen LogP contribution in [-0.2, 0) is 33.1 Å². The molecule has 8 heteroatoms. The lowest BCUT2D eigenvalue weighted by molar-refractivity contribution is 0.212. The van der Waals surface area contributed by atoms with Gasteiger partial charge in [0.1, 0.15) is 11.6 Å². The van der Waals surface area contributed by atoms with E-state index in [2.05, 4.69) is 33.7 Å². The van der Waals surface area contributed by atoms with Crippen LogP contribution in [0, 0.1) is 6.92 Å². The van der Waals surface area contributed by atoms with Crippen LogP contribution in [-0.4, -0.2) is 30.0 Å². The quantitative estimate of drug-likeness (QED) is 0.757. The van der Waals surface area contributed by atoms with Gasteiger partial charge in [0.15, 0.2) is 0 Å². The number of fused-ring (bicyclic) bond motifs is 2. The molecule has 2 aromatic heterocycles. The molecule has 0 atom stereocenters. The van der Waals surface area contributed by atoms with Gasteiger partial charge in [-0.05, 0) is 32.0 Å². The molecular weight excluding hydrogens is 356 g/mol. The third kappa shape index (κ3) is 2.85. The first-order valence-electron chi connectivity index (χ1n) is 9.53. The van der Waals surface area contributed by atoms with Crippen molar-refractivity contribution in [3.8, 4) is 0 Å². The Hall–Kier alpha value is -3.16. The molecule has 3 heterocycles. The number of carbonyl (C=O) groups is 1. The third-order valence-electron chi connectivity index (χ3n) is 5.38. The number of aryl methyl sites for hydroxylation is 3. The number of urea groups is 1. The van der Waals surface area contributed by atoms with Crippen molar-refractivity contribution in [1.82, 2.24) is 24.0 Å². The predicted octanol–water partition coefficient (Wildman–Crippen LogP) is 2.57. The average molecular weight is 380 g/mol. The summed E-state index contributed by atoms with van der Waals surface area (Å²) in [6.45, 7) is 7.44. The van der Waals surface area contributed by atoms with Crippen molar-refractivity contribution in [2.24, 2.45) is 7.05 Å². The number of anilines is 1. The van der Waals surface area contributed by atoms with Gasteiger partial charge in [-0.2, -0.15) is 0 Å². The second kappa shape index (κ2) is 6.78. The van der Waals surface area contributed by atoms with Gasteiger partial charge in [0, 0.05) is 25.7 Å². The van der Waals surface area contributed by atoms with Crippen molar-refractivity contribution in [2.45, 2.75) is 46.8 Å². The number of amides is 2. The molecule has 4 rings (SSSR count). The van der Waals surface area contributed by atoms with Crippen LogP contribution in [0.3, 0.4) is 0 Å². The Kier molecular flexibility index (Phi) is 4.41. The molecule has 1 aliphatic rings. The Morgan fingerprint density at radius 1 is 1.21 bits per heavy atom. The molecule has 28 heavy (non-hydrogen) atoms. The first-order valence-corrected chi connectivity index (χ1v) is 9.53. The molecule has 0 saturated heterocycles. The van der Waals surface area contributed by atoms with Crippen molar-refractivity contribution in [3.63, 3.8) is 0 Å². The minimum absolute atomic E-state index is 0.0866. The topological polar surface area (TPSA) is 85.1 Å². The molecule has 1 N–H and O–H groups in total. The molecule has 1 aromatic carbocycles. The molecule has 8 nitrogen and oxygen atoms in total. The van der Waals surface area contributed by atoms with Gasteiger partial charge < -0.3 is 14.8 Å². The second-order valence-corrected chi connectivity index (χ2v) is 7.06. The van der Waals surface area contributed by atoms with E-state index in [0.29, 0.717) is 29.3 Å². The summed E-state index contributed by atoms with van der Waals surface area (Å²) in [5.41, 5.74) is 3.81. The fourth-order valence-corrected chi connectivity index (χ4v) is 3.75. The first kappa shape index (κ1) is 18.2. The third-order valence-corrected chi connectivity index (χ3v) is 5.38. The number of imidazole rings is 1. The number of hydrogen-bond acceptors (Lipinski definition) is 4. The highest BCUT2D eigenvalue weighted by molar-refractivity contribution is 5.92. The van der Waals surface area contributed by atoms with Crippen LogP contribution in [0.4, 0.5) is 10.5 Å². The number of nitrogens with zero attached hydrogens (tertiary/aromatic N) is 5. The molecule has 0 saturated carbocycles. The Labute approximate surface area is 162 Å². The predicted molar refractivity (Wildman–Crippen MR) is 107 cm³/mol. The lowest BCUT2D eigenvalue weighted by Gasteiger charge is -2.16. The van der Waals surface area contributed by atoms with Crippen molar-refractivity contribution >= 4 is 22.8 Å². The molecule has 0 aliphatic carbocycles. The van der Waals surface area contributed by atoms with Crippen LogP contribution in [0.15, 0.2) is 23.0 Å². The van der Waals surface area contributed by atoms with Gasteiger partial charge in [0.2, 0.25) is 0 Å². The highest BCUT2D eigenvalue weighted by atomic mass is 16.2. The zero-order valence-electron chi connectivity index (χ0n) is 16.6. The summed E-state index contributed by atoms with van der Waals surface area (Å²) in [5, 5.41) is 2.93. The van der Waals surface area contributed by atoms with Gasteiger partial charge in [-0.25, -0.2) is 14.8 Å². The first-order chi connectivity index (χ1) is 13.4. The van der Waals surface area contributed by atoms with Crippen LogP contribution in [0.2, 0.25) is 0 Å². The molecule has 0 unspecified atom stereocenters.